The second-order valence-corrected chi connectivity index (χ2v) is 9.05. The Labute approximate surface area is 175 Å². The molecule has 8 nitrogen and oxygen atoms in total. The number of hydrogen-bond acceptors (Lipinski definition) is 5. The maximum Gasteiger partial charge on any atom is 0.261 e. The van der Waals surface area contributed by atoms with Gasteiger partial charge in [0.25, 0.3) is 15.9 Å². The summed E-state index contributed by atoms with van der Waals surface area (Å²) in [5.74, 6) is -0.448. The van der Waals surface area contributed by atoms with Gasteiger partial charge >= 0.3 is 0 Å². The Morgan fingerprint density at radius 2 is 2.00 bits per heavy atom. The topological polar surface area (TPSA) is 114 Å². The quantitative estimate of drug-likeness (QED) is 0.652. The number of hydrogen-bond donors (Lipinski definition) is 3. The zero-order valence-electron chi connectivity index (χ0n) is 16.3. The highest BCUT2D eigenvalue weighted by Gasteiger charge is 2.23. The largest absolute Gasteiger partial charge is 0.376 e. The molecule has 2 aromatic rings. The number of rotatable bonds is 6. The monoisotopic (exact) mass is 429 g/mol. The number of aryl methyl sites for hydroxylation is 1. The number of sulfonamides is 1. The van der Waals surface area contributed by atoms with Gasteiger partial charge in [-0.05, 0) is 55.2 Å². The van der Waals surface area contributed by atoms with Crippen molar-refractivity contribution in [3.05, 3.63) is 53.6 Å². The molecule has 0 unspecified atom stereocenters. The maximum absolute atomic E-state index is 12.9. The van der Waals surface area contributed by atoms with Gasteiger partial charge < -0.3 is 15.4 Å². The molecule has 3 N–H and O–H groups in total. The molecule has 4 rings (SSSR count). The molecule has 158 valence electrons. The van der Waals surface area contributed by atoms with Crippen LogP contribution >= 0.6 is 0 Å². The fourth-order valence-electron chi connectivity index (χ4n) is 3.61. The van der Waals surface area contributed by atoms with Crippen LogP contribution in [-0.4, -0.2) is 39.5 Å². The van der Waals surface area contributed by atoms with Gasteiger partial charge in [0.2, 0.25) is 5.91 Å². The van der Waals surface area contributed by atoms with Gasteiger partial charge in [-0.1, -0.05) is 12.1 Å². The Balaban J connectivity index is 1.52. The number of nitrogens with one attached hydrogen (secondary N) is 3. The Hall–Kier alpha value is -2.91. The molecule has 0 aromatic heterocycles. The van der Waals surface area contributed by atoms with Crippen molar-refractivity contribution in [2.24, 2.45) is 0 Å². The highest BCUT2D eigenvalue weighted by atomic mass is 32.2. The number of fused-ring (bicyclic) bond motifs is 1. The minimum absolute atomic E-state index is 0.00575. The van der Waals surface area contributed by atoms with E-state index in [0.29, 0.717) is 31.7 Å². The molecule has 0 spiro atoms. The van der Waals surface area contributed by atoms with Crippen molar-refractivity contribution in [3.63, 3.8) is 0 Å². The predicted octanol–water partition coefficient (Wildman–Crippen LogP) is 2.28. The highest BCUT2D eigenvalue weighted by Crippen LogP contribution is 2.27. The molecular formula is C21H23N3O5S. The molecule has 2 heterocycles. The molecular weight excluding hydrogens is 406 g/mol. The Bertz CT molecular complexity index is 1080. The van der Waals surface area contributed by atoms with Crippen molar-refractivity contribution in [3.8, 4) is 0 Å². The van der Waals surface area contributed by atoms with Crippen LogP contribution in [-0.2, 0) is 26.0 Å². The fraction of sp³-hybridized carbons (Fsp3) is 0.333. The molecule has 30 heavy (non-hydrogen) atoms. The summed E-state index contributed by atoms with van der Waals surface area (Å²) < 4.78 is 33.9. The maximum atomic E-state index is 12.9. The number of carbonyl (C=O) groups is 2. The van der Waals surface area contributed by atoms with E-state index < -0.39 is 10.0 Å². The van der Waals surface area contributed by atoms with Crippen LogP contribution in [0.3, 0.4) is 0 Å². The van der Waals surface area contributed by atoms with E-state index in [1.54, 1.807) is 36.4 Å². The summed E-state index contributed by atoms with van der Waals surface area (Å²) >= 11 is 0. The number of para-hydroxylation sites is 1. The van der Waals surface area contributed by atoms with Crippen molar-refractivity contribution in [2.45, 2.75) is 36.7 Å². The lowest BCUT2D eigenvalue weighted by molar-refractivity contribution is -0.116. The Morgan fingerprint density at radius 3 is 2.80 bits per heavy atom. The normalized spacial score (nSPS) is 18.4. The molecule has 2 aromatic carbocycles. The first kappa shape index (κ1) is 20.4. The van der Waals surface area contributed by atoms with Gasteiger partial charge in [0.1, 0.15) is 0 Å². The standard InChI is InChI=1S/C21H23N3O5S/c25-20-10-7-14-12-16(8-9-18(14)23-20)30(27,28)24-19-6-2-1-5-17(19)21(26)22-13-15-4-3-11-29-15/h1-2,5-6,8-9,12,15,24H,3-4,7,10-11,13H2,(H,22,26)(H,23,25)/t15-/m0/s1. The summed E-state index contributed by atoms with van der Waals surface area (Å²) in [5, 5.41) is 5.54. The van der Waals surface area contributed by atoms with Crippen LogP contribution in [0.1, 0.15) is 35.2 Å². The average Bonchev–Trinajstić information content (AvgIpc) is 3.25. The van der Waals surface area contributed by atoms with Crippen LogP contribution in [0.5, 0.6) is 0 Å². The summed E-state index contributed by atoms with van der Waals surface area (Å²) in [5.41, 5.74) is 1.83. The van der Waals surface area contributed by atoms with Crippen LogP contribution < -0.4 is 15.4 Å². The molecule has 0 radical (unpaired) electrons. The second kappa shape index (κ2) is 8.45. The van der Waals surface area contributed by atoms with E-state index in [-0.39, 0.29) is 34.1 Å². The molecule has 1 saturated heterocycles. The molecule has 1 fully saturated rings. The van der Waals surface area contributed by atoms with Crippen LogP contribution in [0.2, 0.25) is 0 Å². The van der Waals surface area contributed by atoms with Gasteiger partial charge in [0.15, 0.2) is 0 Å². The molecule has 2 aliphatic rings. The van der Waals surface area contributed by atoms with Gasteiger partial charge in [0.05, 0.1) is 22.3 Å². The van der Waals surface area contributed by atoms with Crippen molar-refractivity contribution in [1.82, 2.24) is 5.32 Å². The fourth-order valence-corrected chi connectivity index (χ4v) is 4.74. The summed E-state index contributed by atoms with van der Waals surface area (Å²) in [6, 6.07) is 11.0. The lowest BCUT2D eigenvalue weighted by Crippen LogP contribution is -2.32. The first-order valence-corrected chi connectivity index (χ1v) is 11.3. The molecule has 0 bridgehead atoms. The van der Waals surface area contributed by atoms with Gasteiger partial charge in [-0.25, -0.2) is 8.42 Å². The first-order chi connectivity index (χ1) is 14.4. The van der Waals surface area contributed by atoms with E-state index in [1.165, 1.54) is 6.07 Å². The highest BCUT2D eigenvalue weighted by molar-refractivity contribution is 7.92. The third-order valence-corrected chi connectivity index (χ3v) is 6.58. The summed E-state index contributed by atoms with van der Waals surface area (Å²) in [7, 11) is -3.91. The predicted molar refractivity (Wildman–Crippen MR) is 112 cm³/mol. The molecule has 2 aliphatic heterocycles. The third-order valence-electron chi connectivity index (χ3n) is 5.21. The molecule has 1 atom stereocenters. The summed E-state index contributed by atoms with van der Waals surface area (Å²) in [6.07, 6.45) is 2.66. The average molecular weight is 429 g/mol. The van der Waals surface area contributed by atoms with Crippen molar-refractivity contribution < 1.29 is 22.7 Å². The third kappa shape index (κ3) is 4.47. The van der Waals surface area contributed by atoms with Gasteiger partial charge in [-0.2, -0.15) is 0 Å². The van der Waals surface area contributed by atoms with Gasteiger partial charge in [0, 0.05) is 25.3 Å². The molecule has 2 amide bonds. The van der Waals surface area contributed by atoms with E-state index in [9.17, 15) is 18.0 Å². The van der Waals surface area contributed by atoms with Crippen LogP contribution in [0.4, 0.5) is 11.4 Å². The molecule has 9 heteroatoms. The lowest BCUT2D eigenvalue weighted by atomic mass is 10.0. The summed E-state index contributed by atoms with van der Waals surface area (Å²) in [6.45, 7) is 1.08. The molecule has 0 saturated carbocycles. The van der Waals surface area contributed by atoms with Gasteiger partial charge in [-0.15, -0.1) is 0 Å². The van der Waals surface area contributed by atoms with E-state index in [0.717, 1.165) is 18.4 Å². The zero-order chi connectivity index (χ0) is 21.1. The second-order valence-electron chi connectivity index (χ2n) is 7.36. The summed E-state index contributed by atoms with van der Waals surface area (Å²) in [4.78, 5) is 24.2. The number of anilines is 2. The minimum Gasteiger partial charge on any atom is -0.376 e. The number of benzene rings is 2. The smallest absolute Gasteiger partial charge is 0.261 e. The van der Waals surface area contributed by atoms with E-state index in [2.05, 4.69) is 15.4 Å². The number of amides is 2. The Morgan fingerprint density at radius 1 is 1.17 bits per heavy atom. The Kier molecular flexibility index (Phi) is 5.74. The van der Waals surface area contributed by atoms with E-state index >= 15 is 0 Å². The van der Waals surface area contributed by atoms with Crippen LogP contribution in [0, 0.1) is 0 Å². The molecule has 0 aliphatic carbocycles. The van der Waals surface area contributed by atoms with Crippen molar-refractivity contribution in [1.29, 1.82) is 0 Å². The van der Waals surface area contributed by atoms with E-state index in [1.807, 2.05) is 0 Å². The van der Waals surface area contributed by atoms with Crippen molar-refractivity contribution in [2.75, 3.05) is 23.2 Å². The van der Waals surface area contributed by atoms with Crippen LogP contribution in [0.15, 0.2) is 47.4 Å². The number of ether oxygens (including phenoxy) is 1. The first-order valence-electron chi connectivity index (χ1n) is 9.87. The number of carbonyl (C=O) groups excluding carboxylic acids is 2. The SMILES string of the molecule is O=C1CCc2cc(S(=O)(=O)Nc3ccccc3C(=O)NC[C@@H]3CCCO3)ccc2N1. The van der Waals surface area contributed by atoms with Crippen LogP contribution in [0.25, 0.3) is 0 Å². The lowest BCUT2D eigenvalue weighted by Gasteiger charge is -2.18. The van der Waals surface area contributed by atoms with Gasteiger partial charge in [-0.3, -0.25) is 14.3 Å². The van der Waals surface area contributed by atoms with E-state index in [4.69, 9.17) is 4.74 Å². The zero-order valence-corrected chi connectivity index (χ0v) is 17.1. The van der Waals surface area contributed by atoms with Crippen molar-refractivity contribution >= 4 is 33.2 Å². The minimum atomic E-state index is -3.91.